The van der Waals surface area contributed by atoms with Crippen LogP contribution in [0.4, 0.5) is 4.39 Å². The summed E-state index contributed by atoms with van der Waals surface area (Å²) in [5, 5.41) is 3.47. The van der Waals surface area contributed by atoms with E-state index in [0.29, 0.717) is 17.6 Å². The van der Waals surface area contributed by atoms with Crippen molar-refractivity contribution in [3.05, 3.63) is 29.6 Å². The molecule has 2 rings (SSSR count). The lowest BCUT2D eigenvalue weighted by molar-refractivity contribution is 0.295. The first-order valence-corrected chi connectivity index (χ1v) is 7.24. The number of hydrogen-bond acceptors (Lipinski definition) is 2. The predicted molar refractivity (Wildman–Crippen MR) is 75.9 cm³/mol. The molecule has 0 aliphatic heterocycles. The van der Waals surface area contributed by atoms with Gasteiger partial charge in [0, 0.05) is 11.6 Å². The first-order chi connectivity index (χ1) is 9.19. The summed E-state index contributed by atoms with van der Waals surface area (Å²) in [7, 11) is 1.52. The Balaban J connectivity index is 2.33. The van der Waals surface area contributed by atoms with Gasteiger partial charge in [0.2, 0.25) is 0 Å². The Labute approximate surface area is 115 Å². The number of hydrogen-bond donors (Lipinski definition) is 1. The molecule has 1 saturated carbocycles. The molecule has 3 unspecified atom stereocenters. The minimum atomic E-state index is -0.213. The van der Waals surface area contributed by atoms with Crippen LogP contribution in [0.1, 0.15) is 44.7 Å². The van der Waals surface area contributed by atoms with Gasteiger partial charge in [-0.2, -0.15) is 0 Å². The summed E-state index contributed by atoms with van der Waals surface area (Å²) in [6.07, 6.45) is 3.67. The fraction of sp³-hybridized carbons (Fsp3) is 0.625. The summed E-state index contributed by atoms with van der Waals surface area (Å²) >= 11 is 0. The molecule has 0 aromatic heterocycles. The number of rotatable bonds is 5. The molecule has 1 aromatic rings. The molecule has 1 fully saturated rings. The van der Waals surface area contributed by atoms with Gasteiger partial charge >= 0.3 is 0 Å². The van der Waals surface area contributed by atoms with Gasteiger partial charge in [-0.25, -0.2) is 4.39 Å². The molecule has 0 bridgehead atoms. The number of halogens is 1. The number of ether oxygens (including phenoxy) is 1. The van der Waals surface area contributed by atoms with Crippen molar-refractivity contribution in [3.63, 3.8) is 0 Å². The van der Waals surface area contributed by atoms with Crippen molar-refractivity contribution in [1.82, 2.24) is 5.32 Å². The molecule has 2 nitrogen and oxygen atoms in total. The third kappa shape index (κ3) is 2.92. The van der Waals surface area contributed by atoms with E-state index in [1.165, 1.54) is 26.4 Å². The molecule has 19 heavy (non-hydrogen) atoms. The molecule has 1 aliphatic carbocycles. The van der Waals surface area contributed by atoms with Crippen LogP contribution in [0.25, 0.3) is 0 Å². The number of benzene rings is 1. The van der Waals surface area contributed by atoms with Crippen molar-refractivity contribution in [1.29, 1.82) is 0 Å². The summed E-state index contributed by atoms with van der Waals surface area (Å²) < 4.78 is 19.6. The third-order valence-electron chi connectivity index (χ3n) is 4.33. The van der Waals surface area contributed by atoms with Gasteiger partial charge in [-0.05, 0) is 30.9 Å². The number of nitrogens with one attached hydrogen (secondary N) is 1. The Kier molecular flexibility index (Phi) is 4.81. The predicted octanol–water partition coefficient (Wildman–Crippen LogP) is 3.92. The maximum Gasteiger partial charge on any atom is 0.169 e. The smallest absolute Gasteiger partial charge is 0.169 e. The minimum absolute atomic E-state index is 0.0950. The topological polar surface area (TPSA) is 21.3 Å². The van der Waals surface area contributed by atoms with Crippen LogP contribution in [0.2, 0.25) is 0 Å². The zero-order chi connectivity index (χ0) is 13.8. The van der Waals surface area contributed by atoms with Crippen molar-refractivity contribution in [2.75, 3.05) is 13.7 Å². The highest BCUT2D eigenvalue weighted by molar-refractivity contribution is 5.33. The van der Waals surface area contributed by atoms with Crippen LogP contribution >= 0.6 is 0 Å². The summed E-state index contributed by atoms with van der Waals surface area (Å²) in [6, 6.07) is 5.54. The van der Waals surface area contributed by atoms with E-state index in [2.05, 4.69) is 19.2 Å². The summed E-state index contributed by atoms with van der Waals surface area (Å²) in [4.78, 5) is 0. The standard InChI is InChI=1S/C16H24FNO/c1-4-18-16(12-8-5-7-11(12)2)13-9-6-10-14(19-3)15(13)17/h6,9-12,16,18H,4-5,7-8H2,1-3H3. The van der Waals surface area contributed by atoms with Gasteiger partial charge < -0.3 is 10.1 Å². The Morgan fingerprint density at radius 3 is 2.79 bits per heavy atom. The summed E-state index contributed by atoms with van der Waals surface area (Å²) in [5.74, 6) is 1.29. The van der Waals surface area contributed by atoms with E-state index in [0.717, 1.165) is 12.1 Å². The van der Waals surface area contributed by atoms with Gasteiger partial charge in [0.1, 0.15) is 0 Å². The van der Waals surface area contributed by atoms with E-state index >= 15 is 0 Å². The fourth-order valence-corrected chi connectivity index (χ4v) is 3.31. The van der Waals surface area contributed by atoms with Gasteiger partial charge in [-0.15, -0.1) is 0 Å². The molecule has 0 heterocycles. The van der Waals surface area contributed by atoms with Gasteiger partial charge in [0.25, 0.3) is 0 Å². The average Bonchev–Trinajstić information content (AvgIpc) is 2.83. The molecule has 3 atom stereocenters. The van der Waals surface area contributed by atoms with Crippen LogP contribution in [0, 0.1) is 17.7 Å². The third-order valence-corrected chi connectivity index (χ3v) is 4.33. The highest BCUT2D eigenvalue weighted by Gasteiger charge is 2.33. The quantitative estimate of drug-likeness (QED) is 0.871. The van der Waals surface area contributed by atoms with Crippen molar-refractivity contribution in [2.45, 2.75) is 39.2 Å². The van der Waals surface area contributed by atoms with Crippen LogP contribution in [-0.2, 0) is 0 Å². The van der Waals surface area contributed by atoms with Crippen LogP contribution in [0.3, 0.4) is 0 Å². The van der Waals surface area contributed by atoms with Gasteiger partial charge in [-0.1, -0.05) is 38.8 Å². The van der Waals surface area contributed by atoms with Crippen molar-refractivity contribution < 1.29 is 9.13 Å². The maximum atomic E-state index is 14.5. The van der Waals surface area contributed by atoms with E-state index in [4.69, 9.17) is 4.74 Å². The molecule has 3 heteroatoms. The second-order valence-electron chi connectivity index (χ2n) is 5.47. The van der Waals surface area contributed by atoms with Gasteiger partial charge in [-0.3, -0.25) is 0 Å². The lowest BCUT2D eigenvalue weighted by Crippen LogP contribution is -2.30. The molecular weight excluding hydrogens is 241 g/mol. The summed E-state index contributed by atoms with van der Waals surface area (Å²) in [5.41, 5.74) is 0.750. The van der Waals surface area contributed by atoms with E-state index in [1.54, 1.807) is 6.07 Å². The Morgan fingerprint density at radius 2 is 2.21 bits per heavy atom. The van der Waals surface area contributed by atoms with Crippen LogP contribution in [0.5, 0.6) is 5.75 Å². The van der Waals surface area contributed by atoms with Crippen LogP contribution < -0.4 is 10.1 Å². The second kappa shape index (κ2) is 6.38. The molecule has 1 N–H and O–H groups in total. The highest BCUT2D eigenvalue weighted by Crippen LogP contribution is 2.41. The Morgan fingerprint density at radius 1 is 1.42 bits per heavy atom. The zero-order valence-electron chi connectivity index (χ0n) is 12.1. The van der Waals surface area contributed by atoms with Crippen molar-refractivity contribution >= 4 is 0 Å². The van der Waals surface area contributed by atoms with Gasteiger partial charge in [0.15, 0.2) is 11.6 Å². The largest absolute Gasteiger partial charge is 0.494 e. The van der Waals surface area contributed by atoms with Crippen molar-refractivity contribution in [3.8, 4) is 5.75 Å². The molecule has 0 saturated heterocycles. The van der Waals surface area contributed by atoms with E-state index in [9.17, 15) is 4.39 Å². The molecule has 0 amide bonds. The Hall–Kier alpha value is -1.09. The van der Waals surface area contributed by atoms with E-state index < -0.39 is 0 Å². The summed E-state index contributed by atoms with van der Waals surface area (Å²) in [6.45, 7) is 5.20. The van der Waals surface area contributed by atoms with Crippen molar-refractivity contribution in [2.24, 2.45) is 11.8 Å². The van der Waals surface area contributed by atoms with Crippen LogP contribution in [-0.4, -0.2) is 13.7 Å². The van der Waals surface area contributed by atoms with E-state index in [-0.39, 0.29) is 11.9 Å². The van der Waals surface area contributed by atoms with E-state index in [1.807, 2.05) is 12.1 Å². The van der Waals surface area contributed by atoms with Gasteiger partial charge in [0.05, 0.1) is 7.11 Å². The highest BCUT2D eigenvalue weighted by atomic mass is 19.1. The normalized spacial score (nSPS) is 24.4. The first kappa shape index (κ1) is 14.3. The molecular formula is C16H24FNO. The number of methoxy groups -OCH3 is 1. The molecule has 0 spiro atoms. The molecule has 1 aromatic carbocycles. The first-order valence-electron chi connectivity index (χ1n) is 7.24. The fourth-order valence-electron chi connectivity index (χ4n) is 3.31. The minimum Gasteiger partial charge on any atom is -0.494 e. The monoisotopic (exact) mass is 265 g/mol. The average molecular weight is 265 g/mol. The second-order valence-corrected chi connectivity index (χ2v) is 5.47. The maximum absolute atomic E-state index is 14.5. The zero-order valence-corrected chi connectivity index (χ0v) is 12.1. The molecule has 1 aliphatic rings. The SMILES string of the molecule is CCNC(c1cccc(OC)c1F)C1CCCC1C. The lowest BCUT2D eigenvalue weighted by Gasteiger charge is -2.28. The Bertz CT molecular complexity index is 421. The molecule has 0 radical (unpaired) electrons. The van der Waals surface area contributed by atoms with Crippen LogP contribution in [0.15, 0.2) is 18.2 Å². The molecule has 106 valence electrons. The lowest BCUT2D eigenvalue weighted by atomic mass is 9.85.